The number of rotatable bonds is 14. The first-order valence-electron chi connectivity index (χ1n) is 13.6. The molecular weight excluding hydrogens is 764 g/mol. The van der Waals surface area contributed by atoms with Crippen LogP contribution in [0, 0.1) is 0 Å². The zero-order chi connectivity index (χ0) is 37.8. The van der Waals surface area contributed by atoms with Gasteiger partial charge in [-0.05, 0) is 66.6 Å². The Kier molecular flexibility index (Phi) is 30.7. The van der Waals surface area contributed by atoms with Gasteiger partial charge in [-0.2, -0.15) is 17.6 Å². The van der Waals surface area contributed by atoms with Gasteiger partial charge in [-0.1, -0.05) is 45.0 Å². The molecule has 50 heavy (non-hydrogen) atoms. The Morgan fingerprint density at radius 1 is 0.740 bits per heavy atom. The van der Waals surface area contributed by atoms with E-state index < -0.39 is 49.9 Å². The average molecular weight is 802 g/mol. The van der Waals surface area contributed by atoms with Crippen molar-refractivity contribution in [2.24, 2.45) is 0 Å². The van der Waals surface area contributed by atoms with Gasteiger partial charge in [-0.25, -0.2) is 16.8 Å². The third kappa shape index (κ3) is 24.2. The Hall–Kier alpha value is -1.07. The molecule has 276 valence electrons. The monoisotopic (exact) mass is 801 g/mol. The van der Waals surface area contributed by atoms with E-state index in [9.17, 15) is 53.1 Å². The van der Waals surface area contributed by atoms with E-state index in [1.54, 1.807) is 31.4 Å². The number of hydrogen-bond acceptors (Lipinski definition) is 13. The number of benzene rings is 2. The topological polar surface area (TPSA) is 200 Å². The van der Waals surface area contributed by atoms with E-state index in [-0.39, 0.29) is 77.2 Å². The predicted molar refractivity (Wildman–Crippen MR) is 165 cm³/mol. The molecule has 0 radical (unpaired) electrons. The number of esters is 1. The van der Waals surface area contributed by atoms with Crippen LogP contribution < -0.4 is 68.6 Å². The van der Waals surface area contributed by atoms with Gasteiger partial charge in [-0.15, -0.1) is 0 Å². The number of ether oxygens (including phenoxy) is 3. The molecule has 0 saturated carbocycles. The number of aliphatic hydroxyl groups excluding tert-OH is 1. The normalized spacial score (nSPS) is 11.0. The summed E-state index contributed by atoms with van der Waals surface area (Å²) in [5, 5.41) is -1.93. The molecule has 0 unspecified atom stereocenters. The molecule has 0 aromatic heterocycles. The molecule has 0 spiro atoms. The van der Waals surface area contributed by atoms with Gasteiger partial charge in [0.15, 0.2) is 26.8 Å². The van der Waals surface area contributed by atoms with Crippen molar-refractivity contribution in [2.45, 2.75) is 44.1 Å². The quantitative estimate of drug-likeness (QED) is 0.0687. The van der Waals surface area contributed by atoms with E-state index >= 15 is 0 Å². The Morgan fingerprint density at radius 3 is 1.30 bits per heavy atom. The summed E-state index contributed by atoms with van der Waals surface area (Å²) in [5.41, 5.74) is 1.36. The molecule has 0 fully saturated rings. The van der Waals surface area contributed by atoms with Crippen molar-refractivity contribution >= 4 is 43.0 Å². The minimum Gasteiger partial charge on any atom is -0.743 e. The van der Waals surface area contributed by atoms with E-state index in [1.165, 1.54) is 38.9 Å². The first-order chi connectivity index (χ1) is 22.0. The van der Waals surface area contributed by atoms with Gasteiger partial charge < -0.3 is 33.3 Å². The van der Waals surface area contributed by atoms with Crippen LogP contribution in [0.2, 0.25) is 0 Å². The first kappa shape index (κ1) is 55.7. The predicted octanol–water partition coefficient (Wildman–Crippen LogP) is -2.61. The molecule has 13 nitrogen and oxygen atoms in total. The maximum atomic E-state index is 12.7. The van der Waals surface area contributed by atoms with Crippen LogP contribution in [0.3, 0.4) is 0 Å². The Labute approximate surface area is 339 Å². The molecule has 0 aliphatic rings. The van der Waals surface area contributed by atoms with Crippen molar-refractivity contribution in [3.8, 4) is 11.5 Å². The van der Waals surface area contributed by atoms with Crippen molar-refractivity contribution in [3.63, 3.8) is 0 Å². The van der Waals surface area contributed by atoms with E-state index in [0.29, 0.717) is 11.3 Å². The van der Waals surface area contributed by atoms with Crippen molar-refractivity contribution < 1.29 is 132 Å². The maximum absolute atomic E-state index is 12.7. The summed E-state index contributed by atoms with van der Waals surface area (Å²) in [6.45, 7) is 6.35. The molecule has 0 aliphatic heterocycles. The van der Waals surface area contributed by atoms with E-state index in [4.69, 9.17) is 26.2 Å². The number of methoxy groups -OCH3 is 2. The van der Waals surface area contributed by atoms with Gasteiger partial charge in [0, 0.05) is 6.42 Å². The number of alkyl halides is 4. The molecule has 0 aliphatic carbocycles. The molecule has 0 amide bonds. The largest absolute Gasteiger partial charge is 1.00 e. The van der Waals surface area contributed by atoms with E-state index in [0.717, 1.165) is 11.3 Å². The maximum Gasteiger partial charge on any atom is 1.00 e. The molecule has 22 heteroatoms. The summed E-state index contributed by atoms with van der Waals surface area (Å²) in [6.07, 6.45) is -0.0650. The van der Waals surface area contributed by atoms with Gasteiger partial charge in [0.2, 0.25) is 5.24 Å². The van der Waals surface area contributed by atoms with Gasteiger partial charge in [0.1, 0.15) is 18.1 Å². The second-order valence-electron chi connectivity index (χ2n) is 9.03. The third-order valence-corrected chi connectivity index (χ3v) is 7.51. The summed E-state index contributed by atoms with van der Waals surface area (Å²) in [6, 6.07) is 13.4. The van der Waals surface area contributed by atoms with Crippen LogP contribution in [0.1, 0.15) is 31.9 Å². The summed E-state index contributed by atoms with van der Waals surface area (Å²) >= 11 is 5.22. The second kappa shape index (κ2) is 27.5. The van der Waals surface area contributed by atoms with E-state index in [2.05, 4.69) is 30.4 Å². The molecule has 2 aromatic carbocycles. The molecule has 1 N–H and O–H groups in total. The number of hydrogen-bond donors (Lipinski definition) is 1. The van der Waals surface area contributed by atoms with Crippen molar-refractivity contribution in [1.29, 1.82) is 0 Å². The van der Waals surface area contributed by atoms with Crippen molar-refractivity contribution in [3.05, 3.63) is 59.7 Å². The van der Waals surface area contributed by atoms with Crippen LogP contribution in [0.25, 0.3) is 0 Å². The Bertz CT molecular complexity index is 1450. The summed E-state index contributed by atoms with van der Waals surface area (Å²) in [7, 11) is -8.49. The van der Waals surface area contributed by atoms with Crippen LogP contribution in [-0.2, 0) is 47.4 Å². The van der Waals surface area contributed by atoms with Crippen LogP contribution in [0.15, 0.2) is 48.5 Å². The fraction of sp³-hybridized carbons (Fsp3) is 0.500. The zero-order valence-corrected chi connectivity index (χ0v) is 35.0. The fourth-order valence-electron chi connectivity index (χ4n) is 2.85. The van der Waals surface area contributed by atoms with Crippen LogP contribution >= 0.6 is 11.6 Å². The van der Waals surface area contributed by atoms with Crippen molar-refractivity contribution in [2.75, 3.05) is 47.1 Å². The standard InChI is InChI=1S/C11H12F2O6S.C9H9ClO2.C6H15N.C2H4F2O4S.2Na/c1-18-9-4-2-8(3-5-9)6-10(14)19-7-11(12,13)20(15,16)17;1-12-8-4-2-7(3-5-8)6-9(10)11;1-4-7(5-2)6-3;3-2(4,1-5)9(6,7)8;;/h2-5H,6-7H2,1H3,(H,15,16,17);2-5H,6H2,1H3;4-6H2,1-3H3;5H,1H2,(H,6,7,8);;/q;;;;2*+1/p-2. The SMILES string of the molecule is CCN(CC)CC.COc1ccc(CC(=O)Cl)cc1.COc1ccc(CC(=O)OCC(F)(F)S(=O)(=O)[O-])cc1.O=S(=O)([O-])C(F)(F)CO.[Na+].[Na+]. The number of carbonyl (C=O) groups excluding carboxylic acids is 2. The van der Waals surface area contributed by atoms with Gasteiger partial charge in [-0.3, -0.25) is 9.59 Å². The second-order valence-corrected chi connectivity index (χ2v) is 12.5. The first-order valence-corrected chi connectivity index (χ1v) is 16.8. The fourth-order valence-corrected chi connectivity index (χ4v) is 3.37. The number of aliphatic hydroxyl groups is 1. The molecule has 2 rings (SSSR count). The third-order valence-electron chi connectivity index (χ3n) is 5.67. The summed E-state index contributed by atoms with van der Waals surface area (Å²) < 4.78 is 121. The van der Waals surface area contributed by atoms with Crippen LogP contribution in [-0.4, -0.2) is 105 Å². The zero-order valence-electron chi connectivity index (χ0n) is 28.7. The summed E-state index contributed by atoms with van der Waals surface area (Å²) in [4.78, 5) is 24.1. The number of halogens is 5. The number of nitrogens with zero attached hydrogens (tertiary/aromatic N) is 1. The summed E-state index contributed by atoms with van der Waals surface area (Å²) in [5.74, 6) is 0.255. The average Bonchev–Trinajstić information content (AvgIpc) is 3.01. The smallest absolute Gasteiger partial charge is 0.743 e. The minimum absolute atomic E-state index is 0. The van der Waals surface area contributed by atoms with Crippen LogP contribution in [0.4, 0.5) is 17.6 Å². The molecule has 0 atom stereocenters. The van der Waals surface area contributed by atoms with Gasteiger partial charge in [0.25, 0.3) is 0 Å². The minimum atomic E-state index is -5.86. The molecule has 0 heterocycles. The van der Waals surface area contributed by atoms with E-state index in [1.807, 2.05) is 12.1 Å². The van der Waals surface area contributed by atoms with Gasteiger partial charge >= 0.3 is 75.6 Å². The van der Waals surface area contributed by atoms with Crippen molar-refractivity contribution in [1.82, 2.24) is 4.90 Å². The van der Waals surface area contributed by atoms with Gasteiger partial charge in [0.05, 0.1) is 20.6 Å². The molecular formula is C28H38ClF4NNa2O12S2. The molecule has 2 aromatic rings. The van der Waals surface area contributed by atoms with Crippen LogP contribution in [0.5, 0.6) is 11.5 Å². The Balaban J connectivity index is -0.000000303. The molecule has 0 bridgehead atoms. The number of carbonyl (C=O) groups is 2. The molecule has 0 saturated heterocycles. The Morgan fingerprint density at radius 2 is 1.08 bits per heavy atom.